The Hall–Kier alpha value is -2.32. The molecule has 1 aliphatic heterocycles. The molecule has 1 aromatic rings. The van der Waals surface area contributed by atoms with Gasteiger partial charge in [-0.2, -0.15) is 0 Å². The molecule has 0 saturated carbocycles. The minimum absolute atomic E-state index is 0. The van der Waals surface area contributed by atoms with Gasteiger partial charge in [0.05, 0.1) is 18.9 Å². The maximum absolute atomic E-state index is 12.4. The van der Waals surface area contributed by atoms with E-state index in [2.05, 4.69) is 5.32 Å². The molecule has 0 aliphatic carbocycles. The number of nitrogens with two attached hydrogens (primary N) is 2. The normalized spacial score (nSPS) is 16.2. The van der Waals surface area contributed by atoms with Crippen molar-refractivity contribution in [2.75, 3.05) is 32.8 Å². The zero-order chi connectivity index (χ0) is 18.9. The Morgan fingerprint density at radius 3 is 2.78 bits per heavy atom. The fraction of sp³-hybridized carbons (Fsp3) is 0.500. The van der Waals surface area contributed by atoms with Gasteiger partial charge in [0.1, 0.15) is 5.75 Å². The molecule has 0 spiro atoms. The molecule has 3 amide bonds. The van der Waals surface area contributed by atoms with E-state index < -0.39 is 5.91 Å². The van der Waals surface area contributed by atoms with Crippen LogP contribution in [-0.4, -0.2) is 55.4 Å². The fourth-order valence-corrected chi connectivity index (χ4v) is 2.91. The molecule has 150 valence electrons. The van der Waals surface area contributed by atoms with E-state index in [4.69, 9.17) is 16.2 Å². The first-order chi connectivity index (χ1) is 12.5. The van der Waals surface area contributed by atoms with Crippen LogP contribution in [0.3, 0.4) is 0 Å². The molecule has 1 atom stereocenters. The number of nitrogens with zero attached hydrogens (tertiary/aromatic N) is 1. The second-order valence-electron chi connectivity index (χ2n) is 6.25. The van der Waals surface area contributed by atoms with Crippen LogP contribution < -0.4 is 21.5 Å². The molecule has 1 fully saturated rings. The lowest BCUT2D eigenvalue weighted by molar-refractivity contribution is -0.136. The van der Waals surface area contributed by atoms with Crippen LogP contribution in [-0.2, 0) is 9.59 Å². The van der Waals surface area contributed by atoms with E-state index in [9.17, 15) is 14.4 Å². The minimum atomic E-state index is -0.529. The Morgan fingerprint density at radius 2 is 2.07 bits per heavy atom. The summed E-state index contributed by atoms with van der Waals surface area (Å²) in [7, 11) is 0. The summed E-state index contributed by atoms with van der Waals surface area (Å²) in [6, 6.07) is 6.53. The third kappa shape index (κ3) is 7.07. The molecular formula is C18H27ClN4O4. The number of benzene rings is 1. The summed E-state index contributed by atoms with van der Waals surface area (Å²) in [6.07, 6.45) is 1.78. The van der Waals surface area contributed by atoms with Crippen molar-refractivity contribution in [3.63, 3.8) is 0 Å². The molecule has 8 nitrogen and oxygen atoms in total. The third-order valence-corrected chi connectivity index (χ3v) is 4.29. The highest BCUT2D eigenvalue weighted by molar-refractivity contribution is 5.93. The van der Waals surface area contributed by atoms with Gasteiger partial charge in [-0.05, 0) is 31.0 Å². The Bertz CT molecular complexity index is 656. The summed E-state index contributed by atoms with van der Waals surface area (Å²) < 4.78 is 5.54. The van der Waals surface area contributed by atoms with Gasteiger partial charge in [0.25, 0.3) is 0 Å². The van der Waals surface area contributed by atoms with Crippen molar-refractivity contribution in [2.24, 2.45) is 17.4 Å². The van der Waals surface area contributed by atoms with E-state index in [-0.39, 0.29) is 43.2 Å². The van der Waals surface area contributed by atoms with Gasteiger partial charge in [-0.1, -0.05) is 6.07 Å². The van der Waals surface area contributed by atoms with Crippen molar-refractivity contribution in [3.05, 3.63) is 29.8 Å². The van der Waals surface area contributed by atoms with E-state index >= 15 is 0 Å². The highest BCUT2D eigenvalue weighted by Crippen LogP contribution is 2.18. The SMILES string of the molecule is Cl.NCCNC(=O)C1CCCN(C(=O)CCOc2cccc(C(N)=O)c2)C1. The Labute approximate surface area is 165 Å². The maximum atomic E-state index is 12.4. The lowest BCUT2D eigenvalue weighted by Crippen LogP contribution is -2.46. The Morgan fingerprint density at radius 1 is 1.30 bits per heavy atom. The number of carbonyl (C=O) groups is 3. The Balaban J connectivity index is 0.00000364. The molecule has 9 heteroatoms. The Kier molecular flexibility index (Phi) is 9.60. The molecule has 1 heterocycles. The first kappa shape index (κ1) is 22.7. The van der Waals surface area contributed by atoms with Gasteiger partial charge in [0.2, 0.25) is 17.7 Å². The number of ether oxygens (including phenoxy) is 1. The molecule has 0 radical (unpaired) electrons. The van der Waals surface area contributed by atoms with Crippen LogP contribution in [0, 0.1) is 5.92 Å². The quantitative estimate of drug-likeness (QED) is 0.579. The smallest absolute Gasteiger partial charge is 0.248 e. The molecule has 2 rings (SSSR count). The molecule has 0 bridgehead atoms. The molecule has 5 N–H and O–H groups in total. The first-order valence-electron chi connectivity index (χ1n) is 8.79. The molecule has 1 aromatic carbocycles. The number of piperidine rings is 1. The number of hydrogen-bond acceptors (Lipinski definition) is 5. The van der Waals surface area contributed by atoms with Crippen molar-refractivity contribution in [3.8, 4) is 5.75 Å². The summed E-state index contributed by atoms with van der Waals surface area (Å²) >= 11 is 0. The van der Waals surface area contributed by atoms with E-state index in [0.717, 1.165) is 12.8 Å². The van der Waals surface area contributed by atoms with Crippen LogP contribution in [0.25, 0.3) is 0 Å². The second kappa shape index (κ2) is 11.4. The van der Waals surface area contributed by atoms with Crippen LogP contribution in [0.1, 0.15) is 29.6 Å². The average Bonchev–Trinajstić information content (AvgIpc) is 2.66. The largest absolute Gasteiger partial charge is 0.493 e. The van der Waals surface area contributed by atoms with Gasteiger partial charge >= 0.3 is 0 Å². The van der Waals surface area contributed by atoms with E-state index in [0.29, 0.717) is 37.5 Å². The van der Waals surface area contributed by atoms with Crippen molar-refractivity contribution >= 4 is 30.1 Å². The van der Waals surface area contributed by atoms with Crippen LogP contribution in [0.15, 0.2) is 24.3 Å². The number of carbonyl (C=O) groups excluding carboxylic acids is 3. The number of nitrogens with one attached hydrogen (secondary N) is 1. The summed E-state index contributed by atoms with van der Waals surface area (Å²) in [5, 5.41) is 2.78. The molecular weight excluding hydrogens is 372 g/mol. The van der Waals surface area contributed by atoms with Gasteiger partial charge in [-0.15, -0.1) is 12.4 Å². The molecule has 27 heavy (non-hydrogen) atoms. The molecule has 0 aromatic heterocycles. The highest BCUT2D eigenvalue weighted by atomic mass is 35.5. The van der Waals surface area contributed by atoms with Gasteiger partial charge < -0.3 is 26.4 Å². The number of rotatable bonds is 8. The standard InChI is InChI=1S/C18H26N4O4.ClH/c19-7-8-21-18(25)14-4-2-9-22(12-14)16(23)6-10-26-15-5-1-3-13(11-15)17(20)24;/h1,3,5,11,14H,2,4,6-10,12,19H2,(H2,20,24)(H,21,25);1H. The highest BCUT2D eigenvalue weighted by Gasteiger charge is 2.27. The van der Waals surface area contributed by atoms with Crippen LogP contribution >= 0.6 is 12.4 Å². The lowest BCUT2D eigenvalue weighted by Gasteiger charge is -2.32. The second-order valence-corrected chi connectivity index (χ2v) is 6.25. The summed E-state index contributed by atoms with van der Waals surface area (Å²) in [5.41, 5.74) is 11.0. The van der Waals surface area contributed by atoms with E-state index in [1.165, 1.54) is 0 Å². The van der Waals surface area contributed by atoms with Crippen LogP contribution in [0.4, 0.5) is 0 Å². The number of primary amides is 1. The summed E-state index contributed by atoms with van der Waals surface area (Å²) in [6.45, 7) is 2.11. The number of hydrogen-bond donors (Lipinski definition) is 3. The zero-order valence-electron chi connectivity index (χ0n) is 15.2. The number of likely N-dealkylation sites (tertiary alicyclic amines) is 1. The van der Waals surface area contributed by atoms with Crippen molar-refractivity contribution in [2.45, 2.75) is 19.3 Å². The van der Waals surface area contributed by atoms with Gasteiger partial charge in [0.15, 0.2) is 0 Å². The fourth-order valence-electron chi connectivity index (χ4n) is 2.91. The summed E-state index contributed by atoms with van der Waals surface area (Å²) in [4.78, 5) is 37.3. The third-order valence-electron chi connectivity index (χ3n) is 4.29. The van der Waals surface area contributed by atoms with Gasteiger partial charge in [-0.3, -0.25) is 14.4 Å². The van der Waals surface area contributed by atoms with Crippen molar-refractivity contribution in [1.82, 2.24) is 10.2 Å². The molecule has 1 unspecified atom stereocenters. The first-order valence-corrected chi connectivity index (χ1v) is 8.79. The summed E-state index contributed by atoms with van der Waals surface area (Å²) in [5.74, 6) is -0.321. The average molecular weight is 399 g/mol. The molecule has 1 aliphatic rings. The number of halogens is 1. The van der Waals surface area contributed by atoms with Crippen molar-refractivity contribution < 1.29 is 19.1 Å². The monoisotopic (exact) mass is 398 g/mol. The lowest BCUT2D eigenvalue weighted by atomic mass is 9.97. The predicted octanol–water partition coefficient (Wildman–Crippen LogP) is 0.290. The van der Waals surface area contributed by atoms with Gasteiger partial charge in [-0.25, -0.2) is 0 Å². The van der Waals surface area contributed by atoms with Gasteiger partial charge in [0, 0.05) is 31.7 Å². The molecule has 1 saturated heterocycles. The minimum Gasteiger partial charge on any atom is -0.493 e. The topological polar surface area (TPSA) is 128 Å². The zero-order valence-corrected chi connectivity index (χ0v) is 16.0. The number of amides is 3. The van der Waals surface area contributed by atoms with Crippen molar-refractivity contribution in [1.29, 1.82) is 0 Å². The van der Waals surface area contributed by atoms with Crippen LogP contribution in [0.2, 0.25) is 0 Å². The van der Waals surface area contributed by atoms with E-state index in [1.807, 2.05) is 0 Å². The van der Waals surface area contributed by atoms with Crippen LogP contribution in [0.5, 0.6) is 5.75 Å². The van der Waals surface area contributed by atoms with E-state index in [1.54, 1.807) is 29.2 Å². The maximum Gasteiger partial charge on any atom is 0.248 e. The predicted molar refractivity (Wildman–Crippen MR) is 104 cm³/mol.